The summed E-state index contributed by atoms with van der Waals surface area (Å²) in [5, 5.41) is 3.58. The average molecular weight is 422 g/mol. The third kappa shape index (κ3) is 6.16. The van der Waals surface area contributed by atoms with Crippen LogP contribution < -0.4 is 5.32 Å². The number of carbonyl (C=O) groups is 2. The number of nitrogens with zero attached hydrogens (tertiary/aromatic N) is 2. The van der Waals surface area contributed by atoms with E-state index >= 15 is 0 Å². The third-order valence-electron chi connectivity index (χ3n) is 4.81. The van der Waals surface area contributed by atoms with Crippen molar-refractivity contribution >= 4 is 23.4 Å². The van der Waals surface area contributed by atoms with Gasteiger partial charge in [0.25, 0.3) is 0 Å². The number of benzene rings is 2. The van der Waals surface area contributed by atoms with Gasteiger partial charge in [-0.05, 0) is 34.9 Å². The maximum absolute atomic E-state index is 13.2. The van der Waals surface area contributed by atoms with Crippen LogP contribution in [0.3, 0.4) is 0 Å². The van der Waals surface area contributed by atoms with Gasteiger partial charge in [-0.15, -0.1) is 0 Å². The number of hydrogen-bond acceptors (Lipinski definition) is 3. The first-order chi connectivity index (χ1) is 14.5. The second-order valence-corrected chi connectivity index (χ2v) is 7.49. The van der Waals surface area contributed by atoms with Crippen LogP contribution in [-0.4, -0.2) is 27.7 Å². The van der Waals surface area contributed by atoms with Gasteiger partial charge in [-0.1, -0.05) is 60.1 Å². The summed E-state index contributed by atoms with van der Waals surface area (Å²) >= 11 is 5.98. The van der Waals surface area contributed by atoms with Crippen LogP contribution in [0.1, 0.15) is 23.6 Å². The summed E-state index contributed by atoms with van der Waals surface area (Å²) in [6.07, 6.45) is 3.82. The van der Waals surface area contributed by atoms with Gasteiger partial charge in [0.1, 0.15) is 6.04 Å². The van der Waals surface area contributed by atoms with E-state index in [0.29, 0.717) is 24.5 Å². The lowest BCUT2D eigenvalue weighted by atomic mass is 10.0. The molecular formula is C24H24ClN3O2. The number of pyridine rings is 1. The van der Waals surface area contributed by atoms with Crippen molar-refractivity contribution in [3.05, 3.63) is 101 Å². The minimum absolute atomic E-state index is 0.164. The van der Waals surface area contributed by atoms with Crippen LogP contribution in [0, 0.1) is 0 Å². The number of carbonyl (C=O) groups excluding carboxylic acids is 2. The van der Waals surface area contributed by atoms with Crippen molar-refractivity contribution in [3.8, 4) is 0 Å². The Morgan fingerprint density at radius 2 is 1.67 bits per heavy atom. The van der Waals surface area contributed by atoms with Gasteiger partial charge >= 0.3 is 0 Å². The molecule has 1 N–H and O–H groups in total. The van der Waals surface area contributed by atoms with E-state index in [9.17, 15) is 9.59 Å². The Balaban J connectivity index is 1.82. The molecule has 0 bridgehead atoms. The van der Waals surface area contributed by atoms with Gasteiger partial charge in [-0.25, -0.2) is 0 Å². The molecule has 0 unspecified atom stereocenters. The molecule has 1 atom stereocenters. The summed E-state index contributed by atoms with van der Waals surface area (Å²) in [5.41, 5.74) is 2.80. The van der Waals surface area contributed by atoms with Crippen LogP contribution in [-0.2, 0) is 29.1 Å². The molecule has 5 nitrogen and oxygen atoms in total. The van der Waals surface area contributed by atoms with Crippen molar-refractivity contribution in [2.24, 2.45) is 0 Å². The Kier molecular flexibility index (Phi) is 7.57. The van der Waals surface area contributed by atoms with Crippen molar-refractivity contribution in [1.82, 2.24) is 15.2 Å². The molecule has 3 rings (SSSR count). The lowest BCUT2D eigenvalue weighted by molar-refractivity contribution is -0.139. The molecule has 1 aromatic heterocycles. The third-order valence-corrected chi connectivity index (χ3v) is 5.06. The number of nitrogens with one attached hydrogen (secondary N) is 1. The lowest BCUT2D eigenvalue weighted by Crippen LogP contribution is -2.49. The van der Waals surface area contributed by atoms with Gasteiger partial charge in [-0.3, -0.25) is 14.6 Å². The molecule has 0 saturated heterocycles. The number of hydrogen-bond donors (Lipinski definition) is 1. The van der Waals surface area contributed by atoms with Gasteiger partial charge in [-0.2, -0.15) is 0 Å². The van der Waals surface area contributed by atoms with Crippen molar-refractivity contribution in [3.63, 3.8) is 0 Å². The first kappa shape index (κ1) is 21.5. The van der Waals surface area contributed by atoms with E-state index in [-0.39, 0.29) is 11.8 Å². The molecular weight excluding hydrogens is 398 g/mol. The van der Waals surface area contributed by atoms with E-state index in [1.165, 1.54) is 6.92 Å². The zero-order valence-corrected chi connectivity index (χ0v) is 17.5. The Bertz CT molecular complexity index is 963. The molecule has 0 aliphatic carbocycles. The first-order valence-corrected chi connectivity index (χ1v) is 10.1. The predicted molar refractivity (Wildman–Crippen MR) is 118 cm³/mol. The maximum atomic E-state index is 13.2. The summed E-state index contributed by atoms with van der Waals surface area (Å²) in [4.78, 5) is 31.4. The monoisotopic (exact) mass is 421 g/mol. The van der Waals surface area contributed by atoms with Gasteiger partial charge < -0.3 is 10.2 Å². The van der Waals surface area contributed by atoms with E-state index < -0.39 is 6.04 Å². The topological polar surface area (TPSA) is 62.3 Å². The molecule has 30 heavy (non-hydrogen) atoms. The van der Waals surface area contributed by atoms with Gasteiger partial charge in [0.2, 0.25) is 11.8 Å². The summed E-state index contributed by atoms with van der Waals surface area (Å²) in [5.74, 6) is -0.366. The van der Waals surface area contributed by atoms with Gasteiger partial charge in [0.05, 0.1) is 0 Å². The molecule has 0 radical (unpaired) electrons. The Morgan fingerprint density at radius 1 is 0.967 bits per heavy atom. The number of halogens is 1. The van der Waals surface area contributed by atoms with Crippen LogP contribution in [0.2, 0.25) is 5.02 Å². The molecule has 0 fully saturated rings. The van der Waals surface area contributed by atoms with E-state index in [0.717, 1.165) is 16.7 Å². The molecule has 0 spiro atoms. The van der Waals surface area contributed by atoms with Crippen LogP contribution >= 0.6 is 11.6 Å². The van der Waals surface area contributed by atoms with Crippen molar-refractivity contribution in [2.75, 3.05) is 0 Å². The highest BCUT2D eigenvalue weighted by atomic mass is 35.5. The summed E-state index contributed by atoms with van der Waals surface area (Å²) in [7, 11) is 0. The fraction of sp³-hybridized carbons (Fsp3) is 0.208. The number of amides is 2. The number of aromatic nitrogens is 1. The minimum Gasteiger partial charge on any atom is -0.350 e. The van der Waals surface area contributed by atoms with Crippen molar-refractivity contribution in [1.29, 1.82) is 0 Å². The number of rotatable bonds is 8. The van der Waals surface area contributed by atoms with Gasteiger partial charge in [0.15, 0.2) is 0 Å². The molecule has 0 saturated carbocycles. The molecule has 2 aromatic carbocycles. The van der Waals surface area contributed by atoms with Crippen LogP contribution in [0.5, 0.6) is 0 Å². The standard InChI is InChI=1S/C24H24ClN3O2/c1-18(29)28(17-20-9-11-22(25)12-10-20)23(14-19-6-3-2-4-7-19)24(30)27-16-21-8-5-13-26-15-21/h2-13,15,23H,14,16-17H2,1H3,(H,27,30)/t23-/m0/s1. The van der Waals surface area contributed by atoms with Crippen molar-refractivity contribution < 1.29 is 9.59 Å². The molecule has 6 heteroatoms. The summed E-state index contributed by atoms with van der Waals surface area (Å²) in [6, 6.07) is 20.1. The fourth-order valence-electron chi connectivity index (χ4n) is 3.22. The van der Waals surface area contributed by atoms with Crippen LogP contribution in [0.15, 0.2) is 79.1 Å². The zero-order chi connectivity index (χ0) is 21.3. The fourth-order valence-corrected chi connectivity index (χ4v) is 3.34. The zero-order valence-electron chi connectivity index (χ0n) is 16.8. The molecule has 2 amide bonds. The van der Waals surface area contributed by atoms with E-state index in [4.69, 9.17) is 11.6 Å². The Labute approximate surface area is 181 Å². The van der Waals surface area contributed by atoms with E-state index in [1.54, 1.807) is 29.4 Å². The lowest BCUT2D eigenvalue weighted by Gasteiger charge is -2.30. The molecule has 0 aliphatic rings. The summed E-state index contributed by atoms with van der Waals surface area (Å²) in [6.45, 7) is 2.16. The SMILES string of the molecule is CC(=O)N(Cc1ccc(Cl)cc1)[C@@H](Cc1ccccc1)C(=O)NCc1cccnc1. The second kappa shape index (κ2) is 10.6. The highest BCUT2D eigenvalue weighted by Gasteiger charge is 2.28. The highest BCUT2D eigenvalue weighted by molar-refractivity contribution is 6.30. The largest absolute Gasteiger partial charge is 0.350 e. The van der Waals surface area contributed by atoms with Crippen molar-refractivity contribution in [2.45, 2.75) is 32.5 Å². The normalized spacial score (nSPS) is 11.5. The Hall–Kier alpha value is -3.18. The predicted octanol–water partition coefficient (Wildman–Crippen LogP) is 4.01. The first-order valence-electron chi connectivity index (χ1n) is 9.75. The van der Waals surface area contributed by atoms with Crippen LogP contribution in [0.4, 0.5) is 0 Å². The molecule has 3 aromatic rings. The highest BCUT2D eigenvalue weighted by Crippen LogP contribution is 2.16. The minimum atomic E-state index is -0.641. The average Bonchev–Trinajstić information content (AvgIpc) is 2.77. The van der Waals surface area contributed by atoms with E-state index in [1.807, 2.05) is 54.6 Å². The van der Waals surface area contributed by atoms with Gasteiger partial charge in [0, 0.05) is 43.9 Å². The Morgan fingerprint density at radius 3 is 2.30 bits per heavy atom. The quantitative estimate of drug-likeness (QED) is 0.597. The molecule has 1 heterocycles. The second-order valence-electron chi connectivity index (χ2n) is 7.06. The maximum Gasteiger partial charge on any atom is 0.243 e. The van der Waals surface area contributed by atoms with E-state index in [2.05, 4.69) is 10.3 Å². The van der Waals surface area contributed by atoms with Crippen LogP contribution in [0.25, 0.3) is 0 Å². The summed E-state index contributed by atoms with van der Waals surface area (Å²) < 4.78 is 0. The molecule has 154 valence electrons. The smallest absolute Gasteiger partial charge is 0.243 e. The molecule has 0 aliphatic heterocycles.